The normalized spacial score (nSPS) is 21.6. The largest absolute Gasteiger partial charge is 0.380 e. The molecule has 1 unspecified atom stereocenters. The van der Waals surface area contributed by atoms with E-state index in [2.05, 4.69) is 15.5 Å². The average Bonchev–Trinajstić information content (AvgIpc) is 2.77. The van der Waals surface area contributed by atoms with Crippen molar-refractivity contribution in [3.05, 3.63) is 11.7 Å². The van der Waals surface area contributed by atoms with E-state index < -0.39 is 0 Å². The van der Waals surface area contributed by atoms with Gasteiger partial charge in [0.25, 0.3) is 0 Å². The Labute approximate surface area is 82.8 Å². The Balaban J connectivity index is 1.67. The molecule has 1 aromatic heterocycles. The van der Waals surface area contributed by atoms with Crippen molar-refractivity contribution in [1.82, 2.24) is 15.5 Å². The summed E-state index contributed by atoms with van der Waals surface area (Å²) in [6.07, 6.45) is 1.89. The van der Waals surface area contributed by atoms with Crippen LogP contribution in [-0.2, 0) is 11.2 Å². The van der Waals surface area contributed by atoms with Crippen molar-refractivity contribution in [3.8, 4) is 0 Å². The van der Waals surface area contributed by atoms with Crippen molar-refractivity contribution in [2.45, 2.75) is 25.8 Å². The van der Waals surface area contributed by atoms with E-state index in [1.165, 1.54) is 0 Å². The van der Waals surface area contributed by atoms with Crippen LogP contribution >= 0.6 is 0 Å². The third-order valence-electron chi connectivity index (χ3n) is 2.27. The Morgan fingerprint density at radius 1 is 1.57 bits per heavy atom. The third kappa shape index (κ3) is 2.52. The lowest BCUT2D eigenvalue weighted by atomic mass is 10.2. The highest BCUT2D eigenvalue weighted by molar-refractivity contribution is 4.84. The van der Waals surface area contributed by atoms with Gasteiger partial charge in [0.05, 0.1) is 6.61 Å². The summed E-state index contributed by atoms with van der Waals surface area (Å²) in [6, 6.07) is 0.499. The number of nitrogens with one attached hydrogen (secondary N) is 1. The predicted octanol–water partition coefficient (Wildman–Crippen LogP) is 0.299. The molecule has 0 aromatic carbocycles. The topological polar surface area (TPSA) is 60.2 Å². The molecule has 14 heavy (non-hydrogen) atoms. The Morgan fingerprint density at radius 2 is 2.50 bits per heavy atom. The molecule has 0 amide bonds. The van der Waals surface area contributed by atoms with Crippen molar-refractivity contribution >= 4 is 0 Å². The van der Waals surface area contributed by atoms with Crippen molar-refractivity contribution in [2.24, 2.45) is 0 Å². The predicted molar refractivity (Wildman–Crippen MR) is 50.0 cm³/mol. The minimum Gasteiger partial charge on any atom is -0.380 e. The summed E-state index contributed by atoms with van der Waals surface area (Å²) in [6.45, 7) is 4.39. The number of ether oxygens (including phenoxy) is 1. The second-order valence-corrected chi connectivity index (χ2v) is 3.50. The molecule has 0 saturated carbocycles. The summed E-state index contributed by atoms with van der Waals surface area (Å²) in [4.78, 5) is 4.13. The van der Waals surface area contributed by atoms with Gasteiger partial charge in [0.15, 0.2) is 5.82 Å². The van der Waals surface area contributed by atoms with Crippen LogP contribution in [0.25, 0.3) is 0 Å². The van der Waals surface area contributed by atoms with Gasteiger partial charge in [0.2, 0.25) is 5.89 Å². The highest BCUT2D eigenvalue weighted by Gasteiger charge is 2.14. The lowest BCUT2D eigenvalue weighted by Crippen LogP contribution is -2.30. The maximum atomic E-state index is 5.25. The van der Waals surface area contributed by atoms with Gasteiger partial charge in [0, 0.05) is 25.6 Å². The smallest absolute Gasteiger partial charge is 0.227 e. The number of nitrogens with zero attached hydrogens (tertiary/aromatic N) is 2. The fraction of sp³-hybridized carbons (Fsp3) is 0.778. The summed E-state index contributed by atoms with van der Waals surface area (Å²) < 4.78 is 10.2. The van der Waals surface area contributed by atoms with Crippen molar-refractivity contribution < 1.29 is 9.26 Å². The van der Waals surface area contributed by atoms with Gasteiger partial charge in [-0.1, -0.05) is 5.16 Å². The number of aryl methyl sites for hydroxylation is 1. The van der Waals surface area contributed by atoms with Crippen molar-refractivity contribution in [1.29, 1.82) is 0 Å². The van der Waals surface area contributed by atoms with Gasteiger partial charge in [-0.3, -0.25) is 0 Å². The monoisotopic (exact) mass is 197 g/mol. The number of rotatable bonds is 4. The third-order valence-corrected chi connectivity index (χ3v) is 2.27. The maximum absolute atomic E-state index is 5.25. The molecule has 1 aliphatic rings. The minimum absolute atomic E-state index is 0.499. The van der Waals surface area contributed by atoms with Gasteiger partial charge in [0.1, 0.15) is 0 Å². The molecule has 2 rings (SSSR count). The van der Waals surface area contributed by atoms with Crippen LogP contribution in [0.3, 0.4) is 0 Å². The van der Waals surface area contributed by atoms with Crippen LogP contribution in [0.1, 0.15) is 18.1 Å². The Kier molecular flexibility index (Phi) is 3.10. The van der Waals surface area contributed by atoms with E-state index in [0.717, 1.165) is 32.6 Å². The van der Waals surface area contributed by atoms with E-state index in [9.17, 15) is 0 Å². The van der Waals surface area contributed by atoms with Crippen LogP contribution in [-0.4, -0.2) is 35.9 Å². The van der Waals surface area contributed by atoms with E-state index in [1.807, 2.05) is 6.92 Å². The second-order valence-electron chi connectivity index (χ2n) is 3.50. The lowest BCUT2D eigenvalue weighted by molar-refractivity contribution is 0.190. The van der Waals surface area contributed by atoms with E-state index >= 15 is 0 Å². The molecule has 1 aromatic rings. The molecule has 5 nitrogen and oxygen atoms in total. The molecule has 2 heterocycles. The first-order chi connectivity index (χ1) is 6.84. The van der Waals surface area contributed by atoms with Crippen LogP contribution in [0.4, 0.5) is 0 Å². The highest BCUT2D eigenvalue weighted by atomic mass is 16.5. The van der Waals surface area contributed by atoms with Crippen LogP contribution in [0.2, 0.25) is 0 Å². The molecule has 1 N–H and O–H groups in total. The zero-order valence-electron chi connectivity index (χ0n) is 8.32. The van der Waals surface area contributed by atoms with Crippen LogP contribution < -0.4 is 5.32 Å². The molecular weight excluding hydrogens is 182 g/mol. The van der Waals surface area contributed by atoms with Crippen molar-refractivity contribution in [3.63, 3.8) is 0 Å². The zero-order chi connectivity index (χ0) is 9.80. The minimum atomic E-state index is 0.499. The molecule has 5 heteroatoms. The van der Waals surface area contributed by atoms with Crippen molar-refractivity contribution in [2.75, 3.05) is 19.8 Å². The summed E-state index contributed by atoms with van der Waals surface area (Å²) in [5.41, 5.74) is 0. The highest BCUT2D eigenvalue weighted by Crippen LogP contribution is 2.03. The lowest BCUT2D eigenvalue weighted by Gasteiger charge is -2.07. The molecule has 0 radical (unpaired) electrons. The number of aromatic nitrogens is 2. The Bertz CT molecular complexity index is 281. The molecule has 1 aliphatic heterocycles. The molecule has 0 spiro atoms. The zero-order valence-corrected chi connectivity index (χ0v) is 8.32. The van der Waals surface area contributed by atoms with Crippen LogP contribution in [0, 0.1) is 6.92 Å². The summed E-state index contributed by atoms with van der Waals surface area (Å²) in [5.74, 6) is 1.40. The molecule has 0 aliphatic carbocycles. The summed E-state index contributed by atoms with van der Waals surface area (Å²) in [7, 11) is 0. The molecule has 1 atom stereocenters. The van der Waals surface area contributed by atoms with Gasteiger partial charge < -0.3 is 14.6 Å². The molecule has 78 valence electrons. The van der Waals surface area contributed by atoms with Gasteiger partial charge in [-0.15, -0.1) is 0 Å². The van der Waals surface area contributed by atoms with Gasteiger partial charge in [-0.05, 0) is 13.3 Å². The van der Waals surface area contributed by atoms with Gasteiger partial charge in [-0.25, -0.2) is 0 Å². The maximum Gasteiger partial charge on any atom is 0.227 e. The molecule has 1 fully saturated rings. The molecule has 1 saturated heterocycles. The SMILES string of the molecule is Cc1noc(CCNC2CCOC2)n1. The Hall–Kier alpha value is -0.940. The average molecular weight is 197 g/mol. The Morgan fingerprint density at radius 3 is 3.14 bits per heavy atom. The number of hydrogen-bond donors (Lipinski definition) is 1. The van der Waals surface area contributed by atoms with E-state index in [-0.39, 0.29) is 0 Å². The quantitative estimate of drug-likeness (QED) is 0.752. The molecule has 0 bridgehead atoms. The van der Waals surface area contributed by atoms with E-state index in [4.69, 9.17) is 9.26 Å². The van der Waals surface area contributed by atoms with Gasteiger partial charge >= 0.3 is 0 Å². The number of hydrogen-bond acceptors (Lipinski definition) is 5. The van der Waals surface area contributed by atoms with E-state index in [1.54, 1.807) is 0 Å². The first-order valence-corrected chi connectivity index (χ1v) is 4.95. The standard InChI is InChI=1S/C9H15N3O2/c1-7-11-9(14-12-7)2-4-10-8-3-5-13-6-8/h8,10H,2-6H2,1H3. The van der Waals surface area contributed by atoms with E-state index in [0.29, 0.717) is 17.8 Å². The first kappa shape index (κ1) is 9.61. The second kappa shape index (κ2) is 4.52. The molecular formula is C9H15N3O2. The summed E-state index contributed by atoms with van der Waals surface area (Å²) >= 11 is 0. The fourth-order valence-corrected chi connectivity index (χ4v) is 1.52. The van der Waals surface area contributed by atoms with Crippen LogP contribution in [0.15, 0.2) is 4.52 Å². The first-order valence-electron chi connectivity index (χ1n) is 4.95. The van der Waals surface area contributed by atoms with Gasteiger partial charge in [-0.2, -0.15) is 4.98 Å². The van der Waals surface area contributed by atoms with Crippen LogP contribution in [0.5, 0.6) is 0 Å². The fourth-order valence-electron chi connectivity index (χ4n) is 1.52. The summed E-state index contributed by atoms with van der Waals surface area (Å²) in [5, 5.41) is 7.12.